The molecule has 1 N–H and O–H groups in total. The molecule has 1 atom stereocenters. The number of aryl methyl sites for hydroxylation is 1. The Labute approximate surface area is 207 Å². The van der Waals surface area contributed by atoms with Gasteiger partial charge in [-0.25, -0.2) is 0 Å². The molecule has 0 radical (unpaired) electrons. The smallest absolute Gasteiger partial charge is 0.225 e. The first-order chi connectivity index (χ1) is 17.1. The predicted octanol–water partition coefficient (Wildman–Crippen LogP) is 4.78. The third kappa shape index (κ3) is 6.10. The SMILES string of the molecule is CCOc1ccc(CNC(=O)[C@H]2CCCN(c3ccc(-c4ccccc4C)nn3)C2)cc1OCC. The van der Waals surface area contributed by atoms with E-state index in [0.29, 0.717) is 32.1 Å². The molecule has 1 aliphatic rings. The normalized spacial score (nSPS) is 15.5. The Morgan fingerprint density at radius 3 is 2.57 bits per heavy atom. The van der Waals surface area contributed by atoms with Gasteiger partial charge in [-0.15, -0.1) is 10.2 Å². The van der Waals surface area contributed by atoms with Crippen LogP contribution >= 0.6 is 0 Å². The molecular weight excluding hydrogens is 440 g/mol. The lowest BCUT2D eigenvalue weighted by molar-refractivity contribution is -0.125. The number of nitrogens with one attached hydrogen (secondary N) is 1. The molecular formula is C28H34N4O3. The molecule has 0 bridgehead atoms. The summed E-state index contributed by atoms with van der Waals surface area (Å²) in [4.78, 5) is 15.1. The number of piperidine rings is 1. The lowest BCUT2D eigenvalue weighted by Crippen LogP contribution is -2.43. The third-order valence-electron chi connectivity index (χ3n) is 6.26. The van der Waals surface area contributed by atoms with Gasteiger partial charge < -0.3 is 19.7 Å². The minimum Gasteiger partial charge on any atom is -0.490 e. The highest BCUT2D eigenvalue weighted by Gasteiger charge is 2.26. The number of anilines is 1. The quantitative estimate of drug-likeness (QED) is 0.481. The Morgan fingerprint density at radius 2 is 1.83 bits per heavy atom. The number of ether oxygens (including phenoxy) is 2. The lowest BCUT2D eigenvalue weighted by atomic mass is 9.97. The number of carbonyl (C=O) groups excluding carboxylic acids is 1. The average molecular weight is 475 g/mol. The van der Waals surface area contributed by atoms with Gasteiger partial charge in [0.05, 0.1) is 24.8 Å². The van der Waals surface area contributed by atoms with Crippen LogP contribution in [0.3, 0.4) is 0 Å². The molecule has 0 unspecified atom stereocenters. The van der Waals surface area contributed by atoms with Crippen molar-refractivity contribution in [2.24, 2.45) is 5.92 Å². The van der Waals surface area contributed by atoms with Gasteiger partial charge in [0, 0.05) is 25.2 Å². The lowest BCUT2D eigenvalue weighted by Gasteiger charge is -2.32. The minimum absolute atomic E-state index is 0.0611. The first kappa shape index (κ1) is 24.5. The maximum absolute atomic E-state index is 13.0. The van der Waals surface area contributed by atoms with E-state index in [1.807, 2.05) is 56.3 Å². The highest BCUT2D eigenvalue weighted by Crippen LogP contribution is 2.29. The number of nitrogens with zero attached hydrogens (tertiary/aromatic N) is 3. The summed E-state index contributed by atoms with van der Waals surface area (Å²) in [6, 6.07) is 18.0. The number of carbonyl (C=O) groups is 1. The zero-order valence-electron chi connectivity index (χ0n) is 20.8. The van der Waals surface area contributed by atoms with Crippen molar-refractivity contribution in [1.82, 2.24) is 15.5 Å². The van der Waals surface area contributed by atoms with E-state index in [2.05, 4.69) is 39.5 Å². The second-order valence-electron chi connectivity index (χ2n) is 8.74. The number of amides is 1. The van der Waals surface area contributed by atoms with Crippen molar-refractivity contribution < 1.29 is 14.3 Å². The summed E-state index contributed by atoms with van der Waals surface area (Å²) < 4.78 is 11.3. The van der Waals surface area contributed by atoms with Gasteiger partial charge in [-0.3, -0.25) is 4.79 Å². The van der Waals surface area contributed by atoms with Crippen LogP contribution in [0.1, 0.15) is 37.8 Å². The zero-order valence-corrected chi connectivity index (χ0v) is 20.8. The van der Waals surface area contributed by atoms with Crippen molar-refractivity contribution >= 4 is 11.7 Å². The molecule has 0 aliphatic carbocycles. The molecule has 35 heavy (non-hydrogen) atoms. The molecule has 2 heterocycles. The Balaban J connectivity index is 1.36. The summed E-state index contributed by atoms with van der Waals surface area (Å²) in [7, 11) is 0. The van der Waals surface area contributed by atoms with E-state index in [-0.39, 0.29) is 11.8 Å². The van der Waals surface area contributed by atoms with Crippen LogP contribution in [0.5, 0.6) is 11.5 Å². The fourth-order valence-electron chi connectivity index (χ4n) is 4.44. The van der Waals surface area contributed by atoms with Crippen LogP contribution in [0.15, 0.2) is 54.6 Å². The molecule has 2 aromatic carbocycles. The molecule has 0 spiro atoms. The van der Waals surface area contributed by atoms with Crippen LogP contribution in [0.25, 0.3) is 11.3 Å². The molecule has 7 heteroatoms. The summed E-state index contributed by atoms with van der Waals surface area (Å²) in [5.41, 5.74) is 4.10. The van der Waals surface area contributed by atoms with Crippen molar-refractivity contribution in [2.45, 2.75) is 40.2 Å². The van der Waals surface area contributed by atoms with Gasteiger partial charge in [0.25, 0.3) is 0 Å². The molecule has 7 nitrogen and oxygen atoms in total. The standard InChI is InChI=1S/C28H34N4O3/c1-4-34-25-14-12-21(17-26(25)35-5-2)18-29-28(33)22-10-8-16-32(19-22)27-15-13-24(30-31-27)23-11-7-6-9-20(23)3/h6-7,9,11-15,17,22H,4-5,8,10,16,18-19H2,1-3H3,(H,29,33)/t22-/m0/s1. The molecule has 3 aromatic rings. The van der Waals surface area contributed by atoms with Gasteiger partial charge in [0.1, 0.15) is 0 Å². The van der Waals surface area contributed by atoms with Gasteiger partial charge in [-0.1, -0.05) is 30.3 Å². The van der Waals surface area contributed by atoms with Crippen LogP contribution < -0.4 is 19.7 Å². The maximum Gasteiger partial charge on any atom is 0.225 e. The van der Waals surface area contributed by atoms with Crippen molar-refractivity contribution in [3.63, 3.8) is 0 Å². The number of benzene rings is 2. The largest absolute Gasteiger partial charge is 0.490 e. The second-order valence-corrected chi connectivity index (χ2v) is 8.74. The fourth-order valence-corrected chi connectivity index (χ4v) is 4.44. The van der Waals surface area contributed by atoms with E-state index in [0.717, 1.165) is 47.8 Å². The van der Waals surface area contributed by atoms with Crippen LogP contribution in [0.4, 0.5) is 5.82 Å². The molecule has 1 aromatic heterocycles. The first-order valence-corrected chi connectivity index (χ1v) is 12.4. The van der Waals surface area contributed by atoms with Crippen molar-refractivity contribution in [3.05, 3.63) is 65.7 Å². The Kier molecular flexibility index (Phi) is 8.19. The van der Waals surface area contributed by atoms with Gasteiger partial charge in [0.15, 0.2) is 17.3 Å². The first-order valence-electron chi connectivity index (χ1n) is 12.4. The molecule has 0 saturated carbocycles. The Morgan fingerprint density at radius 1 is 1.03 bits per heavy atom. The second kappa shape index (κ2) is 11.7. The summed E-state index contributed by atoms with van der Waals surface area (Å²) in [5.74, 6) is 2.22. The molecule has 184 valence electrons. The van der Waals surface area contributed by atoms with Crippen LogP contribution in [0.2, 0.25) is 0 Å². The molecule has 1 amide bonds. The summed E-state index contributed by atoms with van der Waals surface area (Å²) in [5, 5.41) is 12.0. The monoisotopic (exact) mass is 474 g/mol. The highest BCUT2D eigenvalue weighted by atomic mass is 16.5. The molecule has 4 rings (SSSR count). The van der Waals surface area contributed by atoms with E-state index < -0.39 is 0 Å². The highest BCUT2D eigenvalue weighted by molar-refractivity contribution is 5.79. The van der Waals surface area contributed by atoms with Crippen molar-refractivity contribution in [1.29, 1.82) is 0 Å². The topological polar surface area (TPSA) is 76.6 Å². The number of hydrogen-bond donors (Lipinski definition) is 1. The number of aromatic nitrogens is 2. The zero-order chi connectivity index (χ0) is 24.6. The Hall–Kier alpha value is -3.61. The minimum atomic E-state index is -0.0874. The van der Waals surface area contributed by atoms with Crippen LogP contribution in [-0.4, -0.2) is 42.4 Å². The van der Waals surface area contributed by atoms with Crippen molar-refractivity contribution in [2.75, 3.05) is 31.2 Å². The van der Waals surface area contributed by atoms with E-state index in [9.17, 15) is 4.79 Å². The van der Waals surface area contributed by atoms with Crippen LogP contribution in [-0.2, 0) is 11.3 Å². The van der Waals surface area contributed by atoms with Gasteiger partial charge >= 0.3 is 0 Å². The van der Waals surface area contributed by atoms with E-state index in [1.165, 1.54) is 5.56 Å². The number of hydrogen-bond acceptors (Lipinski definition) is 6. The van der Waals surface area contributed by atoms with E-state index in [1.54, 1.807) is 0 Å². The molecule has 1 fully saturated rings. The van der Waals surface area contributed by atoms with Crippen molar-refractivity contribution in [3.8, 4) is 22.8 Å². The summed E-state index contributed by atoms with van der Waals surface area (Å²) >= 11 is 0. The third-order valence-corrected chi connectivity index (χ3v) is 6.26. The van der Waals surface area contributed by atoms with Gasteiger partial charge in [-0.2, -0.15) is 0 Å². The molecule has 1 aliphatic heterocycles. The average Bonchev–Trinajstić information content (AvgIpc) is 2.89. The summed E-state index contributed by atoms with van der Waals surface area (Å²) in [6.45, 7) is 9.06. The fraction of sp³-hybridized carbons (Fsp3) is 0.393. The van der Waals surface area contributed by atoms with E-state index in [4.69, 9.17) is 9.47 Å². The van der Waals surface area contributed by atoms with E-state index >= 15 is 0 Å². The molecule has 1 saturated heterocycles. The summed E-state index contributed by atoms with van der Waals surface area (Å²) in [6.07, 6.45) is 1.81. The Bertz CT molecular complexity index is 1130. The number of rotatable bonds is 9. The van der Waals surface area contributed by atoms with Gasteiger partial charge in [-0.05, 0) is 69.0 Å². The van der Waals surface area contributed by atoms with Crippen LogP contribution in [0, 0.1) is 12.8 Å². The predicted molar refractivity (Wildman–Crippen MR) is 138 cm³/mol. The maximum atomic E-state index is 13.0. The van der Waals surface area contributed by atoms with Gasteiger partial charge in [0.2, 0.25) is 5.91 Å².